The van der Waals surface area contributed by atoms with E-state index >= 15 is 0 Å². The van der Waals surface area contributed by atoms with Crippen LogP contribution in [0.5, 0.6) is 5.75 Å². The molecular formula is C13H15NO5S. The van der Waals surface area contributed by atoms with E-state index in [2.05, 4.69) is 11.9 Å². The highest BCUT2D eigenvalue weighted by Gasteiger charge is 2.15. The molecule has 0 saturated heterocycles. The van der Waals surface area contributed by atoms with Crippen LogP contribution in [-0.4, -0.2) is 27.2 Å². The third-order valence-corrected chi connectivity index (χ3v) is 3.75. The molecule has 1 aromatic rings. The smallest absolute Gasteiger partial charge is 0.231 e. The van der Waals surface area contributed by atoms with E-state index in [-0.39, 0.29) is 22.8 Å². The van der Waals surface area contributed by atoms with Gasteiger partial charge in [0, 0.05) is 5.41 Å². The molecule has 1 amide bonds. The molecule has 6 nitrogen and oxygen atoms in total. The molecule has 0 bridgehead atoms. The maximum absolute atomic E-state index is 11.7. The summed E-state index contributed by atoms with van der Waals surface area (Å²) in [7, 11) is -2.23. The van der Waals surface area contributed by atoms with Crippen LogP contribution in [-0.2, 0) is 19.4 Å². The van der Waals surface area contributed by atoms with Crippen LogP contribution in [0.1, 0.15) is 13.3 Å². The lowest BCUT2D eigenvalue weighted by atomic mass is 10.2. The van der Waals surface area contributed by atoms with Crippen molar-refractivity contribution in [1.82, 2.24) is 0 Å². The molecular weight excluding hydrogens is 282 g/mol. The number of benzene rings is 1. The van der Waals surface area contributed by atoms with Gasteiger partial charge < -0.3 is 10.1 Å². The first-order chi connectivity index (χ1) is 9.30. The summed E-state index contributed by atoms with van der Waals surface area (Å²) in [6, 6.07) is 4.02. The highest BCUT2D eigenvalue weighted by atomic mass is 32.2. The zero-order valence-corrected chi connectivity index (χ0v) is 12.0. The third-order valence-electron chi connectivity index (χ3n) is 2.40. The molecule has 0 radical (unpaired) electrons. The van der Waals surface area contributed by atoms with Gasteiger partial charge in [0.1, 0.15) is 11.5 Å². The lowest BCUT2D eigenvalue weighted by Crippen LogP contribution is -2.15. The average molecular weight is 297 g/mol. The Morgan fingerprint density at radius 2 is 2.05 bits per heavy atom. The van der Waals surface area contributed by atoms with Crippen LogP contribution in [0.15, 0.2) is 35.1 Å². The summed E-state index contributed by atoms with van der Waals surface area (Å²) in [4.78, 5) is 22.4. The van der Waals surface area contributed by atoms with Crippen LogP contribution in [0.3, 0.4) is 0 Å². The van der Waals surface area contributed by atoms with Crippen molar-refractivity contribution in [3.8, 4) is 5.75 Å². The summed E-state index contributed by atoms with van der Waals surface area (Å²) >= 11 is 0. The van der Waals surface area contributed by atoms with Gasteiger partial charge in [-0.15, -0.1) is 0 Å². The molecule has 0 unspecified atom stereocenters. The van der Waals surface area contributed by atoms with E-state index in [0.717, 1.165) is 5.41 Å². The molecule has 20 heavy (non-hydrogen) atoms. The molecule has 7 heteroatoms. The normalized spacial score (nSPS) is 10.7. The number of rotatable bonds is 6. The molecule has 0 aliphatic rings. The zero-order chi connectivity index (χ0) is 15.3. The molecule has 1 rings (SSSR count). The lowest BCUT2D eigenvalue weighted by Gasteiger charge is -2.11. The van der Waals surface area contributed by atoms with Gasteiger partial charge in [0.15, 0.2) is 9.84 Å². The lowest BCUT2D eigenvalue weighted by molar-refractivity contribution is -0.124. The van der Waals surface area contributed by atoms with Crippen molar-refractivity contribution < 1.29 is 22.7 Å². The minimum absolute atomic E-state index is 0.0218. The van der Waals surface area contributed by atoms with Gasteiger partial charge in [-0.2, -0.15) is 0 Å². The maximum Gasteiger partial charge on any atom is 0.231 e. The van der Waals surface area contributed by atoms with Crippen molar-refractivity contribution >= 4 is 27.2 Å². The van der Waals surface area contributed by atoms with E-state index in [1.165, 1.54) is 32.2 Å². The molecule has 0 heterocycles. The van der Waals surface area contributed by atoms with Crippen molar-refractivity contribution in [2.45, 2.75) is 18.2 Å². The van der Waals surface area contributed by atoms with Gasteiger partial charge in [0.2, 0.25) is 5.91 Å². The quantitative estimate of drug-likeness (QED) is 0.804. The standard InChI is InChI=1S/C13H15NO5S/c1-4-20(17,18)10-5-6-12(19-3)11(8-10)14-13(16)7-9(2)15/h4-6,8H,1,7H2,2-3H3,(H,14,16). The number of carbonyl (C=O) groups excluding carboxylic acids is 2. The number of sulfone groups is 1. The molecule has 108 valence electrons. The number of hydrogen-bond donors (Lipinski definition) is 1. The molecule has 0 saturated carbocycles. The van der Waals surface area contributed by atoms with Crippen LogP contribution in [0.4, 0.5) is 5.69 Å². The van der Waals surface area contributed by atoms with E-state index in [0.29, 0.717) is 5.75 Å². The minimum Gasteiger partial charge on any atom is -0.495 e. The predicted molar refractivity (Wildman–Crippen MR) is 74.3 cm³/mol. The Hall–Kier alpha value is -2.15. The number of nitrogens with one attached hydrogen (secondary N) is 1. The fourth-order valence-electron chi connectivity index (χ4n) is 1.48. The Bertz CT molecular complexity index is 649. The molecule has 0 aliphatic heterocycles. The van der Waals surface area contributed by atoms with E-state index in [9.17, 15) is 18.0 Å². The summed E-state index contributed by atoms with van der Waals surface area (Å²) in [5.74, 6) is -0.537. The maximum atomic E-state index is 11.7. The van der Waals surface area contributed by atoms with E-state index in [1.54, 1.807) is 0 Å². The van der Waals surface area contributed by atoms with Gasteiger partial charge in [0.05, 0.1) is 24.1 Å². The number of methoxy groups -OCH3 is 1. The highest BCUT2D eigenvalue weighted by molar-refractivity contribution is 7.94. The first-order valence-corrected chi connectivity index (χ1v) is 7.19. The average Bonchev–Trinajstić information content (AvgIpc) is 2.37. The monoisotopic (exact) mass is 297 g/mol. The van der Waals surface area contributed by atoms with Crippen molar-refractivity contribution in [3.63, 3.8) is 0 Å². The largest absolute Gasteiger partial charge is 0.495 e. The van der Waals surface area contributed by atoms with Crippen LogP contribution in [0.2, 0.25) is 0 Å². The van der Waals surface area contributed by atoms with Crippen LogP contribution >= 0.6 is 0 Å². The summed E-state index contributed by atoms with van der Waals surface area (Å²) in [5, 5.41) is 3.26. The SMILES string of the molecule is C=CS(=O)(=O)c1ccc(OC)c(NC(=O)CC(C)=O)c1. The topological polar surface area (TPSA) is 89.5 Å². The van der Waals surface area contributed by atoms with Gasteiger partial charge in [0.25, 0.3) is 0 Å². The summed E-state index contributed by atoms with van der Waals surface area (Å²) in [6.07, 6.45) is -0.290. The van der Waals surface area contributed by atoms with Crippen molar-refractivity contribution in [3.05, 3.63) is 30.2 Å². The number of anilines is 1. The minimum atomic E-state index is -3.61. The van der Waals surface area contributed by atoms with Gasteiger partial charge >= 0.3 is 0 Å². The summed E-state index contributed by atoms with van der Waals surface area (Å²) in [6.45, 7) is 4.52. The molecule has 0 spiro atoms. The van der Waals surface area contributed by atoms with E-state index < -0.39 is 15.7 Å². The number of hydrogen-bond acceptors (Lipinski definition) is 5. The second-order valence-corrected chi connectivity index (χ2v) is 5.90. The van der Waals surface area contributed by atoms with Crippen molar-refractivity contribution in [2.24, 2.45) is 0 Å². The number of carbonyl (C=O) groups is 2. The van der Waals surface area contributed by atoms with E-state index in [1.807, 2.05) is 0 Å². The first kappa shape index (κ1) is 15.9. The summed E-state index contributed by atoms with van der Waals surface area (Å²) in [5.41, 5.74) is 0.182. The second-order valence-electron chi connectivity index (χ2n) is 4.00. The van der Waals surface area contributed by atoms with Crippen LogP contribution in [0, 0.1) is 0 Å². The molecule has 1 aromatic carbocycles. The Balaban J connectivity index is 3.16. The Morgan fingerprint density at radius 1 is 1.40 bits per heavy atom. The van der Waals surface area contributed by atoms with Gasteiger partial charge in [-0.3, -0.25) is 9.59 Å². The van der Waals surface area contributed by atoms with Crippen LogP contribution < -0.4 is 10.1 Å². The van der Waals surface area contributed by atoms with Crippen molar-refractivity contribution in [1.29, 1.82) is 0 Å². The fraction of sp³-hybridized carbons (Fsp3) is 0.231. The second kappa shape index (κ2) is 6.33. The number of amides is 1. The number of ketones is 1. The summed E-state index contributed by atoms with van der Waals surface area (Å²) < 4.78 is 28.4. The molecule has 0 atom stereocenters. The van der Waals surface area contributed by atoms with Crippen molar-refractivity contribution in [2.75, 3.05) is 12.4 Å². The zero-order valence-electron chi connectivity index (χ0n) is 11.2. The number of ether oxygens (including phenoxy) is 1. The Kier molecular flexibility index (Phi) is 5.04. The molecule has 0 aromatic heterocycles. The third kappa shape index (κ3) is 3.92. The van der Waals surface area contributed by atoms with Gasteiger partial charge in [-0.05, 0) is 25.1 Å². The number of Topliss-reactive ketones (excluding diaryl/α,β-unsaturated/α-hetero) is 1. The molecule has 0 fully saturated rings. The van der Waals surface area contributed by atoms with Crippen LogP contribution in [0.25, 0.3) is 0 Å². The molecule has 1 N–H and O–H groups in total. The first-order valence-electron chi connectivity index (χ1n) is 5.65. The van der Waals surface area contributed by atoms with Gasteiger partial charge in [-0.1, -0.05) is 6.58 Å². The Labute approximate surface area is 117 Å². The van der Waals surface area contributed by atoms with E-state index in [4.69, 9.17) is 4.74 Å². The van der Waals surface area contributed by atoms with Gasteiger partial charge in [-0.25, -0.2) is 8.42 Å². The fourth-order valence-corrected chi connectivity index (χ4v) is 2.21. The Morgan fingerprint density at radius 3 is 2.55 bits per heavy atom. The predicted octanol–water partition coefficient (Wildman–Crippen LogP) is 1.53. The molecule has 0 aliphatic carbocycles. The highest BCUT2D eigenvalue weighted by Crippen LogP contribution is 2.28.